The van der Waals surface area contributed by atoms with Gasteiger partial charge in [0.2, 0.25) is 11.7 Å². The van der Waals surface area contributed by atoms with Gasteiger partial charge in [-0.2, -0.15) is 4.98 Å². The molecular formula is C18H14N4OS. The van der Waals surface area contributed by atoms with Gasteiger partial charge in [0.05, 0.1) is 11.9 Å². The van der Waals surface area contributed by atoms with Gasteiger partial charge in [-0.1, -0.05) is 48.2 Å². The van der Waals surface area contributed by atoms with Gasteiger partial charge in [0, 0.05) is 5.56 Å². The molecule has 0 spiro atoms. The van der Waals surface area contributed by atoms with Crippen LogP contribution in [0.3, 0.4) is 0 Å². The molecule has 1 aromatic heterocycles. The highest BCUT2D eigenvalue weighted by molar-refractivity contribution is 7.98. The molecule has 1 aliphatic rings. The molecule has 0 bridgehead atoms. The molecule has 4 rings (SSSR count). The van der Waals surface area contributed by atoms with E-state index in [-0.39, 0.29) is 0 Å². The fourth-order valence-electron chi connectivity index (χ4n) is 2.38. The van der Waals surface area contributed by atoms with Crippen molar-refractivity contribution in [1.82, 2.24) is 9.97 Å². The first-order chi connectivity index (χ1) is 11.8. The maximum Gasteiger partial charge on any atom is 0.244 e. The molecule has 0 saturated carbocycles. The number of hydrogen-bond donors (Lipinski definition) is 0. The number of benzene rings is 2. The van der Waals surface area contributed by atoms with Crippen molar-refractivity contribution in [3.05, 3.63) is 72.4 Å². The van der Waals surface area contributed by atoms with Crippen molar-refractivity contribution >= 4 is 29.2 Å². The Morgan fingerprint density at radius 2 is 1.67 bits per heavy atom. The summed E-state index contributed by atoms with van der Waals surface area (Å²) in [4.78, 5) is 8.88. The maximum absolute atomic E-state index is 5.94. The number of ether oxygens (including phenoxy) is 1. The van der Waals surface area contributed by atoms with Crippen molar-refractivity contribution in [2.24, 2.45) is 5.10 Å². The fraction of sp³-hybridized carbons (Fsp3) is 0.0556. The zero-order valence-electron chi connectivity index (χ0n) is 13.0. The molecule has 0 fully saturated rings. The second-order valence-electron chi connectivity index (χ2n) is 5.07. The number of rotatable bonds is 3. The number of hydrazone groups is 1. The summed E-state index contributed by atoms with van der Waals surface area (Å²) >= 11 is 1.48. The molecule has 0 aliphatic carbocycles. The van der Waals surface area contributed by atoms with E-state index in [2.05, 4.69) is 15.1 Å². The Kier molecular flexibility index (Phi) is 3.88. The second kappa shape index (κ2) is 6.33. The van der Waals surface area contributed by atoms with Gasteiger partial charge in [-0.25, -0.2) is 9.99 Å². The molecule has 6 heteroatoms. The summed E-state index contributed by atoms with van der Waals surface area (Å²) < 4.78 is 5.94. The van der Waals surface area contributed by atoms with Crippen molar-refractivity contribution in [3.63, 3.8) is 0 Å². The van der Waals surface area contributed by atoms with E-state index >= 15 is 0 Å². The Morgan fingerprint density at radius 1 is 0.958 bits per heavy atom. The van der Waals surface area contributed by atoms with Crippen LogP contribution in [0.2, 0.25) is 0 Å². The lowest BCUT2D eigenvalue weighted by molar-refractivity contribution is 0.524. The quantitative estimate of drug-likeness (QED) is 0.533. The predicted octanol–water partition coefficient (Wildman–Crippen LogP) is 4.09. The lowest BCUT2D eigenvalue weighted by atomic mass is 10.2. The Bertz CT molecular complexity index is 884. The lowest BCUT2D eigenvalue weighted by Crippen LogP contribution is -2.25. The molecule has 0 atom stereocenters. The molecule has 2 heterocycles. The number of thioether (sulfide) groups is 1. The first-order valence-electron chi connectivity index (χ1n) is 7.43. The lowest BCUT2D eigenvalue weighted by Gasteiger charge is -2.26. The van der Waals surface area contributed by atoms with Crippen LogP contribution in [0.25, 0.3) is 0 Å². The molecule has 0 amide bonds. The predicted molar refractivity (Wildman–Crippen MR) is 96.0 cm³/mol. The number of hydrogen-bond acceptors (Lipinski definition) is 6. The topological polar surface area (TPSA) is 50.6 Å². The van der Waals surface area contributed by atoms with Gasteiger partial charge < -0.3 is 4.74 Å². The van der Waals surface area contributed by atoms with Gasteiger partial charge in [-0.05, 0) is 30.5 Å². The normalized spacial score (nSPS) is 13.0. The highest BCUT2D eigenvalue weighted by Gasteiger charge is 2.25. The van der Waals surface area contributed by atoms with Crippen molar-refractivity contribution in [1.29, 1.82) is 0 Å². The highest BCUT2D eigenvalue weighted by Crippen LogP contribution is 2.36. The largest absolute Gasteiger partial charge is 0.431 e. The van der Waals surface area contributed by atoms with Crippen LogP contribution in [-0.2, 0) is 0 Å². The number of aromatic nitrogens is 2. The Balaban J connectivity index is 1.85. The number of para-hydroxylation sites is 1. The first kappa shape index (κ1) is 14.7. The average Bonchev–Trinajstić information content (AvgIpc) is 2.68. The Hall–Kier alpha value is -2.86. The van der Waals surface area contributed by atoms with Crippen molar-refractivity contribution in [2.75, 3.05) is 11.3 Å². The molecule has 2 aromatic carbocycles. The van der Waals surface area contributed by atoms with E-state index in [0.29, 0.717) is 22.6 Å². The minimum atomic E-state index is 0.521. The van der Waals surface area contributed by atoms with E-state index in [1.807, 2.05) is 66.9 Å². The van der Waals surface area contributed by atoms with Crippen LogP contribution < -0.4 is 9.75 Å². The summed E-state index contributed by atoms with van der Waals surface area (Å²) in [7, 11) is 0. The third kappa shape index (κ3) is 2.72. The fourth-order valence-corrected chi connectivity index (χ4v) is 2.71. The smallest absolute Gasteiger partial charge is 0.244 e. The van der Waals surface area contributed by atoms with Gasteiger partial charge in [0.1, 0.15) is 0 Å². The third-order valence-electron chi connectivity index (χ3n) is 3.52. The van der Waals surface area contributed by atoms with Crippen LogP contribution in [0.15, 0.2) is 77.1 Å². The zero-order chi connectivity index (χ0) is 16.4. The third-order valence-corrected chi connectivity index (χ3v) is 4.08. The molecule has 5 nitrogen and oxygen atoms in total. The molecule has 1 aliphatic heterocycles. The van der Waals surface area contributed by atoms with Gasteiger partial charge in [-0.15, -0.1) is 5.10 Å². The number of nitrogens with zero attached hydrogens (tertiary/aromatic N) is 4. The molecule has 3 aromatic rings. The molecule has 0 unspecified atom stereocenters. The summed E-state index contributed by atoms with van der Waals surface area (Å²) in [6.45, 7) is 0. The summed E-state index contributed by atoms with van der Waals surface area (Å²) in [6.07, 6.45) is 3.64. The monoisotopic (exact) mass is 334 g/mol. The minimum Gasteiger partial charge on any atom is -0.431 e. The highest BCUT2D eigenvalue weighted by atomic mass is 32.2. The Morgan fingerprint density at radius 3 is 2.38 bits per heavy atom. The molecule has 0 radical (unpaired) electrons. The molecule has 0 saturated heterocycles. The summed E-state index contributed by atoms with van der Waals surface area (Å²) in [5, 5.41) is 7.14. The van der Waals surface area contributed by atoms with Crippen LogP contribution in [0, 0.1) is 0 Å². The molecule has 118 valence electrons. The molecule has 24 heavy (non-hydrogen) atoms. The summed E-state index contributed by atoms with van der Waals surface area (Å²) in [6, 6.07) is 19.7. The van der Waals surface area contributed by atoms with E-state index in [4.69, 9.17) is 4.74 Å². The minimum absolute atomic E-state index is 0.521. The van der Waals surface area contributed by atoms with E-state index in [1.54, 1.807) is 11.2 Å². The first-order valence-corrected chi connectivity index (χ1v) is 8.66. The van der Waals surface area contributed by atoms with Gasteiger partial charge in [-0.3, -0.25) is 0 Å². The number of fused-ring (bicyclic) bond motifs is 1. The zero-order valence-corrected chi connectivity index (χ0v) is 13.8. The summed E-state index contributed by atoms with van der Waals surface area (Å²) in [5.41, 5.74) is 1.82. The van der Waals surface area contributed by atoms with Crippen molar-refractivity contribution in [3.8, 4) is 5.75 Å². The van der Waals surface area contributed by atoms with Crippen molar-refractivity contribution < 1.29 is 4.74 Å². The van der Waals surface area contributed by atoms with E-state index < -0.39 is 0 Å². The van der Waals surface area contributed by atoms with Gasteiger partial charge in [0.25, 0.3) is 0 Å². The van der Waals surface area contributed by atoms with Gasteiger partial charge in [0.15, 0.2) is 10.9 Å². The average molecular weight is 334 g/mol. The van der Waals surface area contributed by atoms with Gasteiger partial charge >= 0.3 is 0 Å². The second-order valence-corrected chi connectivity index (χ2v) is 5.84. The summed E-state index contributed by atoms with van der Waals surface area (Å²) in [5.74, 6) is 1.75. The van der Waals surface area contributed by atoms with Crippen LogP contribution >= 0.6 is 11.8 Å². The van der Waals surface area contributed by atoms with E-state index in [1.165, 1.54) is 11.8 Å². The van der Waals surface area contributed by atoms with Crippen LogP contribution in [0.4, 0.5) is 11.5 Å². The van der Waals surface area contributed by atoms with E-state index in [9.17, 15) is 0 Å². The maximum atomic E-state index is 5.94. The SMILES string of the molecule is CSc1ncc2c(n1)N(c1ccccc1)N=C(c1ccccc1)O2. The van der Waals surface area contributed by atoms with Crippen LogP contribution in [0.5, 0.6) is 5.75 Å². The van der Waals surface area contributed by atoms with E-state index in [0.717, 1.165) is 11.3 Å². The van der Waals surface area contributed by atoms with Crippen LogP contribution in [-0.4, -0.2) is 22.1 Å². The van der Waals surface area contributed by atoms with Crippen LogP contribution in [0.1, 0.15) is 5.56 Å². The number of anilines is 2. The standard InChI is InChI=1S/C18H14N4OS/c1-24-18-19-12-15-16(20-18)22(14-10-6-3-7-11-14)21-17(23-15)13-8-4-2-5-9-13/h2-12H,1H3. The van der Waals surface area contributed by atoms with Crippen molar-refractivity contribution in [2.45, 2.75) is 5.16 Å². The molecular weight excluding hydrogens is 320 g/mol. The molecule has 0 N–H and O–H groups in total. The Labute approximate surface area is 144 Å².